The summed E-state index contributed by atoms with van der Waals surface area (Å²) in [5.74, 6) is 1.01. The molecular weight excluding hydrogens is 260 g/mol. The van der Waals surface area contributed by atoms with E-state index in [9.17, 15) is 0 Å². The van der Waals surface area contributed by atoms with Crippen LogP contribution in [0.1, 0.15) is 46.1 Å². The number of hydrogen-bond donors (Lipinski definition) is 1. The van der Waals surface area contributed by atoms with E-state index in [0.29, 0.717) is 6.04 Å². The van der Waals surface area contributed by atoms with Crippen molar-refractivity contribution in [2.24, 2.45) is 0 Å². The lowest BCUT2D eigenvalue weighted by Crippen LogP contribution is -2.29. The molecule has 0 bridgehead atoms. The van der Waals surface area contributed by atoms with Gasteiger partial charge in [-0.3, -0.25) is 0 Å². The Morgan fingerprint density at radius 1 is 1.14 bits per heavy atom. The lowest BCUT2D eigenvalue weighted by molar-refractivity contribution is 0.212. The second-order valence-corrected chi connectivity index (χ2v) is 5.78. The number of nitrogens with zero attached hydrogens (tertiary/aromatic N) is 1. The first-order valence-electron chi connectivity index (χ1n) is 8.33. The van der Waals surface area contributed by atoms with Crippen molar-refractivity contribution < 1.29 is 4.74 Å². The molecule has 21 heavy (non-hydrogen) atoms. The van der Waals surface area contributed by atoms with Crippen LogP contribution in [0, 0.1) is 0 Å². The van der Waals surface area contributed by atoms with Crippen LogP contribution < -0.4 is 10.1 Å². The van der Waals surface area contributed by atoms with E-state index in [-0.39, 0.29) is 0 Å². The summed E-state index contributed by atoms with van der Waals surface area (Å²) in [4.78, 5) is 2.46. The second kappa shape index (κ2) is 10.6. The first kappa shape index (κ1) is 18.0. The quantitative estimate of drug-likeness (QED) is 0.673. The SMILES string of the molecule is CCCCN(CC)CCOc1ccccc1CNC(C)C. The van der Waals surface area contributed by atoms with Gasteiger partial charge in [0.05, 0.1) is 0 Å². The fourth-order valence-corrected chi connectivity index (χ4v) is 2.20. The Kier molecular flexibility index (Phi) is 9.11. The molecule has 0 unspecified atom stereocenters. The number of hydrogen-bond acceptors (Lipinski definition) is 3. The predicted molar refractivity (Wildman–Crippen MR) is 90.9 cm³/mol. The summed E-state index contributed by atoms with van der Waals surface area (Å²) >= 11 is 0. The highest BCUT2D eigenvalue weighted by Gasteiger charge is 2.05. The zero-order valence-corrected chi connectivity index (χ0v) is 14.2. The molecule has 120 valence electrons. The minimum absolute atomic E-state index is 0.489. The molecule has 0 amide bonds. The van der Waals surface area contributed by atoms with Crippen LogP contribution in [-0.2, 0) is 6.54 Å². The van der Waals surface area contributed by atoms with Gasteiger partial charge >= 0.3 is 0 Å². The van der Waals surface area contributed by atoms with Crippen molar-refractivity contribution in [3.63, 3.8) is 0 Å². The van der Waals surface area contributed by atoms with Crippen molar-refractivity contribution in [3.05, 3.63) is 29.8 Å². The molecule has 0 fully saturated rings. The van der Waals surface area contributed by atoms with Crippen molar-refractivity contribution in [1.29, 1.82) is 0 Å². The lowest BCUT2D eigenvalue weighted by Gasteiger charge is -2.21. The van der Waals surface area contributed by atoms with Crippen molar-refractivity contribution in [2.75, 3.05) is 26.2 Å². The van der Waals surface area contributed by atoms with Crippen molar-refractivity contribution in [1.82, 2.24) is 10.2 Å². The maximum atomic E-state index is 6.00. The van der Waals surface area contributed by atoms with Crippen molar-refractivity contribution in [3.8, 4) is 5.75 Å². The molecule has 0 atom stereocenters. The molecule has 1 aromatic rings. The molecule has 0 saturated heterocycles. The largest absolute Gasteiger partial charge is 0.492 e. The van der Waals surface area contributed by atoms with Crippen LogP contribution in [0.4, 0.5) is 0 Å². The van der Waals surface area contributed by atoms with E-state index in [0.717, 1.165) is 32.0 Å². The van der Waals surface area contributed by atoms with Crippen LogP contribution >= 0.6 is 0 Å². The Hall–Kier alpha value is -1.06. The first-order valence-corrected chi connectivity index (χ1v) is 8.33. The van der Waals surface area contributed by atoms with Crippen LogP contribution in [0.15, 0.2) is 24.3 Å². The molecule has 1 rings (SSSR count). The normalized spacial score (nSPS) is 11.3. The highest BCUT2D eigenvalue weighted by atomic mass is 16.5. The van der Waals surface area contributed by atoms with Crippen LogP contribution in [0.3, 0.4) is 0 Å². The minimum atomic E-state index is 0.489. The molecule has 3 nitrogen and oxygen atoms in total. The third-order valence-corrected chi connectivity index (χ3v) is 3.61. The molecule has 0 aliphatic carbocycles. The van der Waals surface area contributed by atoms with Gasteiger partial charge in [-0.05, 0) is 25.6 Å². The maximum absolute atomic E-state index is 6.00. The van der Waals surface area contributed by atoms with Gasteiger partial charge in [0.25, 0.3) is 0 Å². The summed E-state index contributed by atoms with van der Waals surface area (Å²) in [6.07, 6.45) is 2.52. The van der Waals surface area contributed by atoms with Gasteiger partial charge in [-0.2, -0.15) is 0 Å². The molecule has 0 saturated carbocycles. The molecule has 3 heteroatoms. The predicted octanol–water partition coefficient (Wildman–Crippen LogP) is 3.69. The molecule has 0 radical (unpaired) electrons. The molecule has 1 aromatic carbocycles. The summed E-state index contributed by atoms with van der Waals surface area (Å²) in [7, 11) is 0. The summed E-state index contributed by atoms with van der Waals surface area (Å²) in [6, 6.07) is 8.81. The van der Waals surface area contributed by atoms with Gasteiger partial charge in [-0.25, -0.2) is 0 Å². The van der Waals surface area contributed by atoms with E-state index in [2.05, 4.69) is 56.1 Å². The number of unbranched alkanes of at least 4 members (excludes halogenated alkanes) is 1. The van der Waals surface area contributed by atoms with Crippen LogP contribution in [0.5, 0.6) is 5.75 Å². The summed E-state index contributed by atoms with van der Waals surface area (Å²) in [6.45, 7) is 13.7. The van der Waals surface area contributed by atoms with Gasteiger partial charge in [0.1, 0.15) is 12.4 Å². The molecule has 1 N–H and O–H groups in total. The average Bonchev–Trinajstić information content (AvgIpc) is 2.49. The van der Waals surface area contributed by atoms with Crippen molar-refractivity contribution >= 4 is 0 Å². The zero-order valence-electron chi connectivity index (χ0n) is 14.2. The fourth-order valence-electron chi connectivity index (χ4n) is 2.20. The van der Waals surface area contributed by atoms with Gasteiger partial charge in [0, 0.05) is 24.7 Å². The number of rotatable bonds is 11. The molecular formula is C18H32N2O. The van der Waals surface area contributed by atoms with E-state index in [1.165, 1.54) is 24.9 Å². The third-order valence-electron chi connectivity index (χ3n) is 3.61. The number of likely N-dealkylation sites (N-methyl/N-ethyl adjacent to an activating group) is 1. The van der Waals surface area contributed by atoms with Gasteiger partial charge in [-0.1, -0.05) is 52.3 Å². The number of ether oxygens (including phenoxy) is 1. The standard InChI is InChI=1S/C18H32N2O/c1-5-7-12-20(6-2)13-14-21-18-11-9-8-10-17(18)15-19-16(3)4/h8-11,16,19H,5-7,12-15H2,1-4H3. The number of para-hydroxylation sites is 1. The zero-order chi connectivity index (χ0) is 15.5. The topological polar surface area (TPSA) is 24.5 Å². The van der Waals surface area contributed by atoms with Gasteiger partial charge in [0.2, 0.25) is 0 Å². The smallest absolute Gasteiger partial charge is 0.123 e. The monoisotopic (exact) mass is 292 g/mol. The second-order valence-electron chi connectivity index (χ2n) is 5.78. The van der Waals surface area contributed by atoms with Crippen LogP contribution in [0.2, 0.25) is 0 Å². The van der Waals surface area contributed by atoms with E-state index >= 15 is 0 Å². The Labute approximate surface area is 130 Å². The molecule has 0 spiro atoms. The van der Waals surface area contributed by atoms with Crippen LogP contribution in [-0.4, -0.2) is 37.2 Å². The van der Waals surface area contributed by atoms with E-state index in [4.69, 9.17) is 4.74 Å². The van der Waals surface area contributed by atoms with Crippen LogP contribution in [0.25, 0.3) is 0 Å². The molecule has 0 aromatic heterocycles. The minimum Gasteiger partial charge on any atom is -0.492 e. The first-order chi connectivity index (χ1) is 10.2. The molecule has 0 aliphatic heterocycles. The maximum Gasteiger partial charge on any atom is 0.123 e. The highest BCUT2D eigenvalue weighted by molar-refractivity contribution is 5.33. The van der Waals surface area contributed by atoms with Gasteiger partial charge in [0.15, 0.2) is 0 Å². The fraction of sp³-hybridized carbons (Fsp3) is 0.667. The Bertz CT molecular complexity index is 379. The van der Waals surface area contributed by atoms with E-state index in [1.807, 2.05) is 6.07 Å². The lowest BCUT2D eigenvalue weighted by atomic mass is 10.2. The number of benzene rings is 1. The summed E-state index contributed by atoms with van der Waals surface area (Å²) in [5, 5.41) is 3.45. The molecule has 0 aliphatic rings. The van der Waals surface area contributed by atoms with Gasteiger partial charge < -0.3 is 15.0 Å². The number of nitrogens with one attached hydrogen (secondary N) is 1. The summed E-state index contributed by atoms with van der Waals surface area (Å²) in [5.41, 5.74) is 1.24. The molecule has 0 heterocycles. The van der Waals surface area contributed by atoms with Gasteiger partial charge in [-0.15, -0.1) is 0 Å². The highest BCUT2D eigenvalue weighted by Crippen LogP contribution is 2.17. The third kappa shape index (κ3) is 7.49. The Morgan fingerprint density at radius 3 is 2.57 bits per heavy atom. The Balaban J connectivity index is 2.43. The van der Waals surface area contributed by atoms with E-state index < -0.39 is 0 Å². The Morgan fingerprint density at radius 2 is 1.90 bits per heavy atom. The van der Waals surface area contributed by atoms with E-state index in [1.54, 1.807) is 0 Å². The average molecular weight is 292 g/mol. The summed E-state index contributed by atoms with van der Waals surface area (Å²) < 4.78 is 6.00. The van der Waals surface area contributed by atoms with Crippen molar-refractivity contribution in [2.45, 2.75) is 53.1 Å².